The third-order valence-corrected chi connectivity index (χ3v) is 4.92. The molecular weight excluding hydrogens is 406 g/mol. The van der Waals surface area contributed by atoms with E-state index in [1.165, 1.54) is 0 Å². The van der Waals surface area contributed by atoms with Gasteiger partial charge in [0, 0.05) is 6.54 Å². The lowest BCUT2D eigenvalue weighted by atomic mass is 9.99. The molecule has 1 aliphatic rings. The lowest BCUT2D eigenvalue weighted by molar-refractivity contribution is -0.277. The van der Waals surface area contributed by atoms with Gasteiger partial charge in [0.15, 0.2) is 0 Å². The minimum absolute atomic E-state index is 0.205. The zero-order valence-electron chi connectivity index (χ0n) is 16.8. The molecule has 0 aromatic heterocycles. The van der Waals surface area contributed by atoms with Crippen molar-refractivity contribution in [2.75, 3.05) is 13.2 Å². The van der Waals surface area contributed by atoms with Gasteiger partial charge < -0.3 is 40.0 Å². The molecule has 0 bridgehead atoms. The number of hydrogen-bond donors (Lipinski definition) is 5. The summed E-state index contributed by atoms with van der Waals surface area (Å²) in [4.78, 5) is 11.8. The Morgan fingerprint density at radius 2 is 1.65 bits per heavy atom. The smallest absolute Gasteiger partial charge is 0.407 e. The van der Waals surface area contributed by atoms with Crippen molar-refractivity contribution in [3.8, 4) is 5.75 Å². The monoisotopic (exact) mass is 433 g/mol. The van der Waals surface area contributed by atoms with Crippen LogP contribution < -0.4 is 10.1 Å². The minimum atomic E-state index is -1.50. The van der Waals surface area contributed by atoms with Crippen LogP contribution in [-0.4, -0.2) is 70.4 Å². The van der Waals surface area contributed by atoms with E-state index in [1.807, 2.05) is 30.3 Å². The fourth-order valence-electron chi connectivity index (χ4n) is 3.12. The summed E-state index contributed by atoms with van der Waals surface area (Å²) in [6, 6.07) is 16.3. The maximum atomic E-state index is 11.8. The van der Waals surface area contributed by atoms with Crippen LogP contribution in [0.3, 0.4) is 0 Å². The maximum Gasteiger partial charge on any atom is 0.407 e. The van der Waals surface area contributed by atoms with Gasteiger partial charge in [-0.15, -0.1) is 0 Å². The molecule has 1 amide bonds. The Balaban J connectivity index is 1.42. The number of benzene rings is 2. The second kappa shape index (κ2) is 11.1. The molecule has 2 aromatic carbocycles. The topological polar surface area (TPSA) is 138 Å². The largest absolute Gasteiger partial charge is 0.462 e. The average molecular weight is 433 g/mol. The third kappa shape index (κ3) is 6.39. The van der Waals surface area contributed by atoms with Gasteiger partial charge in [0.05, 0.1) is 6.61 Å². The van der Waals surface area contributed by atoms with Gasteiger partial charge in [0.25, 0.3) is 0 Å². The summed E-state index contributed by atoms with van der Waals surface area (Å²) in [6.07, 6.45) is -6.59. The Bertz CT molecular complexity index is 814. The first-order valence-corrected chi connectivity index (χ1v) is 9.98. The molecule has 1 heterocycles. The van der Waals surface area contributed by atoms with E-state index in [1.54, 1.807) is 24.3 Å². The number of hydrogen-bond acceptors (Lipinski definition) is 8. The summed E-state index contributed by atoms with van der Waals surface area (Å²) < 4.78 is 16.0. The maximum absolute atomic E-state index is 11.8. The first-order valence-electron chi connectivity index (χ1n) is 9.98. The van der Waals surface area contributed by atoms with Crippen LogP contribution in [0.1, 0.15) is 11.1 Å². The van der Waals surface area contributed by atoms with Crippen molar-refractivity contribution in [2.24, 2.45) is 0 Å². The highest BCUT2D eigenvalue weighted by Crippen LogP contribution is 2.24. The molecule has 0 saturated carbocycles. The average Bonchev–Trinajstić information content (AvgIpc) is 2.80. The molecular formula is C22H27NO8. The van der Waals surface area contributed by atoms with Gasteiger partial charge in [-0.3, -0.25) is 0 Å². The lowest BCUT2D eigenvalue weighted by Gasteiger charge is -2.39. The van der Waals surface area contributed by atoms with Crippen molar-refractivity contribution in [1.29, 1.82) is 0 Å². The number of alkyl carbamates (subject to hydrolysis) is 1. The highest BCUT2D eigenvalue weighted by molar-refractivity contribution is 5.67. The van der Waals surface area contributed by atoms with Crippen LogP contribution in [0.2, 0.25) is 0 Å². The van der Waals surface area contributed by atoms with E-state index in [9.17, 15) is 25.2 Å². The van der Waals surface area contributed by atoms with E-state index in [4.69, 9.17) is 14.2 Å². The molecule has 168 valence electrons. The van der Waals surface area contributed by atoms with E-state index in [0.29, 0.717) is 18.7 Å². The quantitative estimate of drug-likeness (QED) is 0.402. The van der Waals surface area contributed by atoms with Gasteiger partial charge >= 0.3 is 6.09 Å². The Morgan fingerprint density at radius 1 is 0.935 bits per heavy atom. The molecule has 5 N–H and O–H groups in total. The van der Waals surface area contributed by atoms with Crippen molar-refractivity contribution in [3.05, 3.63) is 65.7 Å². The van der Waals surface area contributed by atoms with Crippen LogP contribution in [0.15, 0.2) is 54.6 Å². The van der Waals surface area contributed by atoms with Crippen LogP contribution in [0.25, 0.3) is 0 Å². The molecule has 2 unspecified atom stereocenters. The number of amides is 1. The fraction of sp³-hybridized carbons (Fsp3) is 0.409. The van der Waals surface area contributed by atoms with Crippen LogP contribution >= 0.6 is 0 Å². The predicted octanol–water partition coefficient (Wildman–Crippen LogP) is 0.334. The van der Waals surface area contributed by atoms with Crippen molar-refractivity contribution in [2.45, 2.75) is 43.7 Å². The molecule has 0 spiro atoms. The number of carbonyl (C=O) groups is 1. The summed E-state index contributed by atoms with van der Waals surface area (Å²) in [5.41, 5.74) is 1.84. The Hall–Kier alpha value is -2.69. The molecule has 31 heavy (non-hydrogen) atoms. The Kier molecular flexibility index (Phi) is 8.21. The zero-order chi connectivity index (χ0) is 22.2. The minimum Gasteiger partial charge on any atom is -0.462 e. The normalized spacial score (nSPS) is 25.6. The number of nitrogens with one attached hydrogen (secondary N) is 1. The fourth-order valence-corrected chi connectivity index (χ4v) is 3.12. The molecule has 0 aliphatic carbocycles. The second-order valence-corrected chi connectivity index (χ2v) is 7.20. The Labute approximate surface area is 179 Å². The second-order valence-electron chi connectivity index (χ2n) is 7.20. The number of carbonyl (C=O) groups excluding carboxylic acids is 1. The summed E-state index contributed by atoms with van der Waals surface area (Å²) >= 11 is 0. The molecule has 9 nitrogen and oxygen atoms in total. The van der Waals surface area contributed by atoms with E-state index in [0.717, 1.165) is 11.1 Å². The number of aliphatic hydroxyl groups excluding tert-OH is 4. The zero-order valence-corrected chi connectivity index (χ0v) is 16.8. The summed E-state index contributed by atoms with van der Waals surface area (Å²) in [6.45, 7) is 0.0712. The van der Waals surface area contributed by atoms with E-state index in [-0.39, 0.29) is 6.61 Å². The van der Waals surface area contributed by atoms with Crippen LogP contribution in [0, 0.1) is 0 Å². The first kappa shape index (κ1) is 23.0. The van der Waals surface area contributed by atoms with E-state index in [2.05, 4.69) is 5.32 Å². The van der Waals surface area contributed by atoms with E-state index < -0.39 is 43.4 Å². The highest BCUT2D eigenvalue weighted by atomic mass is 16.7. The van der Waals surface area contributed by atoms with Crippen molar-refractivity contribution >= 4 is 6.09 Å². The molecule has 2 aromatic rings. The van der Waals surface area contributed by atoms with Gasteiger partial charge in [-0.25, -0.2) is 4.79 Å². The highest BCUT2D eigenvalue weighted by Gasteiger charge is 2.44. The van der Waals surface area contributed by atoms with Crippen LogP contribution in [0.5, 0.6) is 5.75 Å². The van der Waals surface area contributed by atoms with Gasteiger partial charge in [-0.1, -0.05) is 42.5 Å². The summed E-state index contributed by atoms with van der Waals surface area (Å²) in [7, 11) is 0. The van der Waals surface area contributed by atoms with Gasteiger partial charge in [0.2, 0.25) is 6.29 Å². The predicted molar refractivity (Wildman–Crippen MR) is 109 cm³/mol. The molecule has 5 atom stereocenters. The van der Waals surface area contributed by atoms with Gasteiger partial charge in [-0.05, 0) is 29.7 Å². The molecule has 9 heteroatoms. The molecule has 1 saturated heterocycles. The molecule has 0 radical (unpaired) electrons. The van der Waals surface area contributed by atoms with Crippen LogP contribution in [0.4, 0.5) is 4.79 Å². The van der Waals surface area contributed by atoms with Crippen molar-refractivity contribution in [3.63, 3.8) is 0 Å². The standard InChI is InChI=1S/C22H27NO8/c24-12-17-18(25)19(26)20(27)21(31-17)30-16-8-6-14(7-9-16)10-11-23-22(28)29-13-15-4-2-1-3-5-15/h1-9,17-21,24-27H,10-13H2,(H,23,28)/t17?,18-,19+,20?,21+/m1/s1. The molecule has 1 aliphatic heterocycles. The SMILES string of the molecule is O=C(NCCc1ccc(O[C@H]2OC(CO)[C@@H](O)[C@H](O)C2O)cc1)OCc1ccccc1. The van der Waals surface area contributed by atoms with Gasteiger partial charge in [0.1, 0.15) is 36.8 Å². The first-order chi connectivity index (χ1) is 15.0. The van der Waals surface area contributed by atoms with Crippen LogP contribution in [-0.2, 0) is 22.5 Å². The van der Waals surface area contributed by atoms with Gasteiger partial charge in [-0.2, -0.15) is 0 Å². The van der Waals surface area contributed by atoms with E-state index >= 15 is 0 Å². The van der Waals surface area contributed by atoms with Crippen molar-refractivity contribution < 1.29 is 39.4 Å². The molecule has 3 rings (SSSR count). The number of aliphatic hydroxyl groups is 4. The number of ether oxygens (including phenoxy) is 3. The molecule has 1 fully saturated rings. The Morgan fingerprint density at radius 3 is 2.32 bits per heavy atom. The van der Waals surface area contributed by atoms with Crippen molar-refractivity contribution in [1.82, 2.24) is 5.32 Å². The number of rotatable bonds is 8. The lowest BCUT2D eigenvalue weighted by Crippen LogP contribution is -2.60. The summed E-state index contributed by atoms with van der Waals surface area (Å²) in [5, 5.41) is 41.6. The summed E-state index contributed by atoms with van der Waals surface area (Å²) in [5.74, 6) is 0.378. The third-order valence-electron chi connectivity index (χ3n) is 4.92.